The number of nitrogens with zero attached hydrogens (tertiary/aromatic N) is 3. The Kier molecular flexibility index (Phi) is 9.79. The highest BCUT2D eigenvalue weighted by atomic mass is 32.1. The van der Waals surface area contributed by atoms with Gasteiger partial charge >= 0.3 is 0 Å². The van der Waals surface area contributed by atoms with E-state index in [1.165, 1.54) is 18.3 Å². The van der Waals surface area contributed by atoms with Crippen molar-refractivity contribution in [3.05, 3.63) is 28.8 Å². The van der Waals surface area contributed by atoms with E-state index in [1.54, 1.807) is 14.2 Å². The van der Waals surface area contributed by atoms with Crippen LogP contribution in [0.1, 0.15) is 24.4 Å². The largest absolute Gasteiger partial charge is 0.493 e. The molecule has 8 nitrogen and oxygen atoms in total. The van der Waals surface area contributed by atoms with Crippen molar-refractivity contribution in [2.75, 3.05) is 26.3 Å². The molecule has 0 aliphatic rings. The molecule has 1 unspecified atom stereocenters. The number of ether oxygens (including phenoxy) is 3. The maximum Gasteiger partial charge on any atom is 0.243 e. The first-order valence-corrected chi connectivity index (χ1v) is 9.06. The van der Waals surface area contributed by atoms with Crippen molar-refractivity contribution < 1.29 is 19.0 Å². The first-order valence-electron chi connectivity index (χ1n) is 8.24. The van der Waals surface area contributed by atoms with E-state index in [4.69, 9.17) is 19.5 Å². The van der Waals surface area contributed by atoms with Gasteiger partial charge in [0.2, 0.25) is 11.0 Å². The van der Waals surface area contributed by atoms with Crippen LogP contribution in [-0.4, -0.2) is 37.1 Å². The lowest BCUT2D eigenvalue weighted by atomic mass is 10.2. The lowest BCUT2D eigenvalue weighted by Gasteiger charge is -2.09. The summed E-state index contributed by atoms with van der Waals surface area (Å²) >= 11 is 1.33. The summed E-state index contributed by atoms with van der Waals surface area (Å²) in [6.07, 6.45) is 0.793. The highest BCUT2D eigenvalue weighted by Crippen LogP contribution is 2.27. The van der Waals surface area contributed by atoms with Gasteiger partial charge in [-0.1, -0.05) is 24.3 Å². The molecule has 0 spiro atoms. The molecule has 0 aliphatic heterocycles. The normalized spacial score (nSPS) is 10.8. The smallest absolute Gasteiger partial charge is 0.243 e. The van der Waals surface area contributed by atoms with Gasteiger partial charge in [-0.15, -0.1) is 10.2 Å². The molecule has 0 bridgehead atoms. The summed E-state index contributed by atoms with van der Waals surface area (Å²) in [5.41, 5.74) is 1.14. The fourth-order valence-electron chi connectivity index (χ4n) is 1.74. The van der Waals surface area contributed by atoms with Gasteiger partial charge in [-0.25, -0.2) is 0 Å². The van der Waals surface area contributed by atoms with Crippen molar-refractivity contribution in [2.45, 2.75) is 27.2 Å². The third-order valence-electron chi connectivity index (χ3n) is 3.24. The van der Waals surface area contributed by atoms with Gasteiger partial charge in [0.25, 0.3) is 0 Å². The molecule has 1 aromatic carbocycles. The monoisotopic (exact) mass is 392 g/mol. The molecule has 1 heterocycles. The highest BCUT2D eigenvalue weighted by molar-refractivity contribution is 7.15. The average molecular weight is 392 g/mol. The quantitative estimate of drug-likeness (QED) is 0.721. The number of nitriles is 1. The fourth-order valence-corrected chi connectivity index (χ4v) is 2.42. The molecule has 0 radical (unpaired) electrons. The predicted octanol–water partition coefficient (Wildman–Crippen LogP) is 3.19. The van der Waals surface area contributed by atoms with Gasteiger partial charge in [-0.05, 0) is 38.0 Å². The maximum atomic E-state index is 11.2. The predicted molar refractivity (Wildman–Crippen MR) is 103 cm³/mol. The molecule has 2 aromatic rings. The second kappa shape index (κ2) is 11.8. The minimum Gasteiger partial charge on any atom is -0.493 e. The first kappa shape index (κ1) is 22.3. The molecule has 0 aliphatic carbocycles. The van der Waals surface area contributed by atoms with Crippen LogP contribution in [0.25, 0.3) is 0 Å². The minimum atomic E-state index is -0.663. The van der Waals surface area contributed by atoms with E-state index in [9.17, 15) is 4.79 Å². The maximum absolute atomic E-state index is 11.2. The molecular weight excluding hydrogens is 368 g/mol. The highest BCUT2D eigenvalue weighted by Gasteiger charge is 2.13. The van der Waals surface area contributed by atoms with Crippen LogP contribution >= 0.6 is 11.3 Å². The lowest BCUT2D eigenvalue weighted by Crippen LogP contribution is -2.18. The Balaban J connectivity index is 0.000000271. The summed E-state index contributed by atoms with van der Waals surface area (Å²) in [6.45, 7) is 5.74. The lowest BCUT2D eigenvalue weighted by molar-refractivity contribution is -0.117. The number of aromatic nitrogens is 2. The number of carbonyl (C=O) groups is 1. The van der Waals surface area contributed by atoms with Gasteiger partial charge in [-0.3, -0.25) is 10.1 Å². The van der Waals surface area contributed by atoms with E-state index < -0.39 is 5.92 Å². The summed E-state index contributed by atoms with van der Waals surface area (Å²) in [7, 11) is 3.20. The summed E-state index contributed by atoms with van der Waals surface area (Å²) in [5, 5.41) is 20.0. The summed E-state index contributed by atoms with van der Waals surface area (Å²) in [4.78, 5) is 11.2. The van der Waals surface area contributed by atoms with Crippen molar-refractivity contribution in [3.63, 3.8) is 0 Å². The molecule has 0 saturated carbocycles. The van der Waals surface area contributed by atoms with Gasteiger partial charge in [0.1, 0.15) is 10.9 Å². The van der Waals surface area contributed by atoms with Crippen molar-refractivity contribution in [1.82, 2.24) is 10.2 Å². The van der Waals surface area contributed by atoms with Crippen LogP contribution in [-0.2, 0) is 16.0 Å². The van der Waals surface area contributed by atoms with E-state index >= 15 is 0 Å². The molecule has 0 fully saturated rings. The van der Waals surface area contributed by atoms with Gasteiger partial charge < -0.3 is 14.2 Å². The topological polar surface area (TPSA) is 106 Å². The van der Waals surface area contributed by atoms with Crippen LogP contribution in [0.3, 0.4) is 0 Å². The summed E-state index contributed by atoms with van der Waals surface area (Å²) in [6, 6.07) is 7.61. The standard InChI is InChI=1S/C10H14O3.C8H10N4OS/c1-8-4-5-9(13-7-11-2)10(6-8)12-3;1-3-6-11-12-8(14-6)10-7(13)5(2)4-9/h4-6H,7H2,1-3H3;5H,3H2,1-2H3,(H,10,12,13). The summed E-state index contributed by atoms with van der Waals surface area (Å²) in [5.74, 6) is 0.433. The van der Waals surface area contributed by atoms with Crippen LogP contribution in [0.5, 0.6) is 11.5 Å². The molecule has 27 heavy (non-hydrogen) atoms. The molecule has 9 heteroatoms. The van der Waals surface area contributed by atoms with Crippen molar-refractivity contribution in [2.24, 2.45) is 5.92 Å². The van der Waals surface area contributed by atoms with E-state index in [2.05, 4.69) is 15.5 Å². The molecule has 1 atom stereocenters. The van der Waals surface area contributed by atoms with E-state index in [0.717, 1.165) is 22.7 Å². The number of aryl methyl sites for hydroxylation is 2. The van der Waals surface area contributed by atoms with Gasteiger partial charge in [0, 0.05) is 7.11 Å². The molecule has 1 amide bonds. The van der Waals surface area contributed by atoms with Crippen LogP contribution in [0.4, 0.5) is 5.13 Å². The van der Waals surface area contributed by atoms with Crippen molar-refractivity contribution in [1.29, 1.82) is 5.26 Å². The number of rotatable bonds is 7. The number of hydrogen-bond donors (Lipinski definition) is 1. The fraction of sp³-hybridized carbons (Fsp3) is 0.444. The summed E-state index contributed by atoms with van der Waals surface area (Å²) < 4.78 is 15.2. The number of benzene rings is 1. The van der Waals surface area contributed by atoms with Crippen LogP contribution < -0.4 is 14.8 Å². The zero-order valence-electron chi connectivity index (χ0n) is 16.1. The number of anilines is 1. The third kappa shape index (κ3) is 7.60. The van der Waals surface area contributed by atoms with Gasteiger partial charge in [0.15, 0.2) is 18.3 Å². The SMILES string of the molecule is CCc1nnc(NC(=O)C(C)C#N)s1.COCOc1ccc(C)cc1OC. The molecule has 0 saturated heterocycles. The van der Waals surface area contributed by atoms with Crippen LogP contribution in [0.2, 0.25) is 0 Å². The Hall–Kier alpha value is -2.70. The first-order chi connectivity index (χ1) is 12.9. The number of hydrogen-bond acceptors (Lipinski definition) is 8. The Morgan fingerprint density at radius 2 is 2.07 bits per heavy atom. The Morgan fingerprint density at radius 1 is 1.33 bits per heavy atom. The molecule has 146 valence electrons. The zero-order chi connectivity index (χ0) is 20.2. The molecule has 2 rings (SSSR count). The minimum absolute atomic E-state index is 0.236. The number of carbonyl (C=O) groups excluding carboxylic acids is 1. The van der Waals surface area contributed by atoms with E-state index in [-0.39, 0.29) is 12.7 Å². The van der Waals surface area contributed by atoms with Gasteiger partial charge in [-0.2, -0.15) is 5.26 Å². The van der Waals surface area contributed by atoms with Crippen molar-refractivity contribution in [3.8, 4) is 17.6 Å². The third-order valence-corrected chi connectivity index (χ3v) is 4.22. The van der Waals surface area contributed by atoms with Crippen LogP contribution in [0.15, 0.2) is 18.2 Å². The Labute approximate surface area is 163 Å². The molecule has 1 aromatic heterocycles. The zero-order valence-corrected chi connectivity index (χ0v) is 16.9. The second-order valence-electron chi connectivity index (χ2n) is 5.40. The number of amides is 1. The Bertz CT molecular complexity index is 773. The second-order valence-corrected chi connectivity index (χ2v) is 6.46. The molecule has 1 N–H and O–H groups in total. The molecular formula is C18H24N4O4S. The average Bonchev–Trinajstić information content (AvgIpc) is 3.14. The van der Waals surface area contributed by atoms with Gasteiger partial charge in [0.05, 0.1) is 13.2 Å². The van der Waals surface area contributed by atoms with Crippen molar-refractivity contribution >= 4 is 22.4 Å². The number of nitrogens with one attached hydrogen (secondary N) is 1. The Morgan fingerprint density at radius 3 is 2.63 bits per heavy atom. The van der Waals surface area contributed by atoms with E-state index in [0.29, 0.717) is 10.9 Å². The number of methoxy groups -OCH3 is 2. The van der Waals surface area contributed by atoms with E-state index in [1.807, 2.05) is 38.1 Å². The van der Waals surface area contributed by atoms with Crippen LogP contribution in [0, 0.1) is 24.2 Å².